The van der Waals surface area contributed by atoms with Crippen LogP contribution in [0, 0.1) is 0 Å². The number of carbonyl (C=O) groups is 1. The number of hydrogen-bond acceptors (Lipinski definition) is 5. The maximum absolute atomic E-state index is 11.5. The van der Waals surface area contributed by atoms with E-state index in [1.807, 2.05) is 6.26 Å². The number of aromatic nitrogens is 1. The topological polar surface area (TPSA) is 54.0 Å². The zero-order chi connectivity index (χ0) is 11.4. The van der Waals surface area contributed by atoms with Gasteiger partial charge in [0.2, 0.25) is 5.91 Å². The van der Waals surface area contributed by atoms with E-state index in [2.05, 4.69) is 15.6 Å². The highest BCUT2D eigenvalue weighted by molar-refractivity contribution is 7.98. The molecule has 1 aliphatic rings. The fraction of sp³-hybridized carbons (Fsp3) is 0.600. The predicted molar refractivity (Wildman–Crippen MR) is 69.2 cm³/mol. The van der Waals surface area contributed by atoms with Crippen molar-refractivity contribution in [1.82, 2.24) is 10.3 Å². The molecule has 2 N–H and O–H groups in total. The molecule has 0 spiro atoms. The number of anilines is 1. The van der Waals surface area contributed by atoms with E-state index in [0.29, 0.717) is 6.42 Å². The van der Waals surface area contributed by atoms with E-state index in [1.54, 1.807) is 23.1 Å². The first-order valence-electron chi connectivity index (χ1n) is 5.27. The summed E-state index contributed by atoms with van der Waals surface area (Å²) < 4.78 is 0. The van der Waals surface area contributed by atoms with Crippen molar-refractivity contribution in [3.63, 3.8) is 0 Å². The first-order chi connectivity index (χ1) is 7.79. The quantitative estimate of drug-likeness (QED) is 0.858. The smallest absolute Gasteiger partial charge is 0.226 e. The first-order valence-corrected chi connectivity index (χ1v) is 7.48. The molecule has 1 aromatic heterocycles. The molecule has 0 unspecified atom stereocenters. The van der Waals surface area contributed by atoms with Crippen LogP contribution in [-0.2, 0) is 17.8 Å². The summed E-state index contributed by atoms with van der Waals surface area (Å²) in [6.07, 6.45) is 3.53. The number of nitrogens with zero attached hydrogens (tertiary/aromatic N) is 1. The number of hydrogen-bond donors (Lipinski definition) is 2. The predicted octanol–water partition coefficient (Wildman–Crippen LogP) is 1.48. The van der Waals surface area contributed by atoms with Crippen LogP contribution in [0.25, 0.3) is 0 Å². The first kappa shape index (κ1) is 11.9. The molecule has 1 aromatic rings. The molecule has 88 valence electrons. The second-order valence-electron chi connectivity index (χ2n) is 3.61. The zero-order valence-electron chi connectivity index (χ0n) is 9.21. The molecule has 0 atom stereocenters. The third-order valence-corrected chi connectivity index (χ3v) is 4.01. The van der Waals surface area contributed by atoms with Gasteiger partial charge in [0.15, 0.2) is 5.13 Å². The van der Waals surface area contributed by atoms with Crippen LogP contribution < -0.4 is 10.6 Å². The Morgan fingerprint density at radius 1 is 1.69 bits per heavy atom. The second kappa shape index (κ2) is 5.65. The average Bonchev–Trinajstić information content (AvgIpc) is 2.68. The van der Waals surface area contributed by atoms with Crippen molar-refractivity contribution in [2.24, 2.45) is 0 Å². The number of rotatable bonds is 4. The number of fused-ring (bicyclic) bond motifs is 1. The van der Waals surface area contributed by atoms with E-state index in [0.717, 1.165) is 36.1 Å². The SMILES string of the molecule is CSCCC(=O)Nc1nc2c(s1)CNCC2. The Balaban J connectivity index is 1.94. The van der Waals surface area contributed by atoms with Crippen molar-refractivity contribution in [1.29, 1.82) is 0 Å². The molecule has 16 heavy (non-hydrogen) atoms. The summed E-state index contributed by atoms with van der Waals surface area (Å²) in [6.45, 7) is 1.87. The highest BCUT2D eigenvalue weighted by atomic mass is 32.2. The van der Waals surface area contributed by atoms with Crippen LogP contribution in [0.4, 0.5) is 5.13 Å². The lowest BCUT2D eigenvalue weighted by atomic mass is 10.2. The van der Waals surface area contributed by atoms with Crippen LogP contribution in [0.15, 0.2) is 0 Å². The van der Waals surface area contributed by atoms with E-state index in [1.165, 1.54) is 4.88 Å². The van der Waals surface area contributed by atoms with Gasteiger partial charge in [-0.25, -0.2) is 4.98 Å². The molecule has 4 nitrogen and oxygen atoms in total. The summed E-state index contributed by atoms with van der Waals surface area (Å²) in [6, 6.07) is 0. The number of amides is 1. The molecule has 0 aromatic carbocycles. The van der Waals surface area contributed by atoms with Crippen molar-refractivity contribution in [2.45, 2.75) is 19.4 Å². The Morgan fingerprint density at radius 2 is 2.56 bits per heavy atom. The van der Waals surface area contributed by atoms with Gasteiger partial charge in [-0.3, -0.25) is 4.79 Å². The Bertz CT molecular complexity index is 355. The number of nitrogens with one attached hydrogen (secondary N) is 2. The van der Waals surface area contributed by atoms with Gasteiger partial charge in [-0.2, -0.15) is 11.8 Å². The third kappa shape index (κ3) is 2.96. The minimum Gasteiger partial charge on any atom is -0.311 e. The van der Waals surface area contributed by atoms with Crippen LogP contribution in [0.2, 0.25) is 0 Å². The second-order valence-corrected chi connectivity index (χ2v) is 5.68. The molecule has 6 heteroatoms. The molecule has 0 bridgehead atoms. The summed E-state index contributed by atoms with van der Waals surface area (Å²) >= 11 is 3.26. The third-order valence-electron chi connectivity index (χ3n) is 2.38. The zero-order valence-corrected chi connectivity index (χ0v) is 10.8. The van der Waals surface area contributed by atoms with Gasteiger partial charge in [-0.1, -0.05) is 0 Å². The molecule has 1 aliphatic heterocycles. The van der Waals surface area contributed by atoms with E-state index in [9.17, 15) is 4.79 Å². The molecule has 1 amide bonds. The van der Waals surface area contributed by atoms with Crippen molar-refractivity contribution in [3.8, 4) is 0 Å². The van der Waals surface area contributed by atoms with Crippen molar-refractivity contribution < 1.29 is 4.79 Å². The largest absolute Gasteiger partial charge is 0.311 e. The molecule has 0 saturated heterocycles. The molecule has 0 radical (unpaired) electrons. The maximum atomic E-state index is 11.5. The number of carbonyl (C=O) groups excluding carboxylic acids is 1. The fourth-order valence-electron chi connectivity index (χ4n) is 1.56. The van der Waals surface area contributed by atoms with E-state index in [-0.39, 0.29) is 5.91 Å². The lowest BCUT2D eigenvalue weighted by Crippen LogP contribution is -2.22. The summed E-state index contributed by atoms with van der Waals surface area (Å²) in [5, 5.41) is 6.91. The summed E-state index contributed by atoms with van der Waals surface area (Å²) in [4.78, 5) is 17.2. The van der Waals surface area contributed by atoms with E-state index in [4.69, 9.17) is 0 Å². The highest BCUT2D eigenvalue weighted by Gasteiger charge is 2.15. The minimum atomic E-state index is 0.0633. The van der Waals surface area contributed by atoms with Crippen molar-refractivity contribution in [3.05, 3.63) is 10.6 Å². The molecule has 0 fully saturated rings. The molecule has 0 saturated carbocycles. The van der Waals surface area contributed by atoms with Gasteiger partial charge >= 0.3 is 0 Å². The van der Waals surface area contributed by atoms with E-state index < -0.39 is 0 Å². The minimum absolute atomic E-state index is 0.0633. The Morgan fingerprint density at radius 3 is 3.31 bits per heavy atom. The summed E-state index contributed by atoms with van der Waals surface area (Å²) in [5.41, 5.74) is 1.14. The van der Waals surface area contributed by atoms with Gasteiger partial charge in [-0.15, -0.1) is 11.3 Å². The van der Waals surface area contributed by atoms with Crippen molar-refractivity contribution in [2.75, 3.05) is 23.9 Å². The Labute approximate surface area is 103 Å². The van der Waals surface area contributed by atoms with Crippen LogP contribution in [0.1, 0.15) is 17.0 Å². The average molecular weight is 257 g/mol. The standard InChI is InChI=1S/C10H15N3OS2/c1-15-5-3-9(14)13-10-12-7-2-4-11-6-8(7)16-10/h11H,2-6H2,1H3,(H,12,13,14). The lowest BCUT2D eigenvalue weighted by Gasteiger charge is -2.09. The monoisotopic (exact) mass is 257 g/mol. The molecule has 0 aliphatic carbocycles. The number of thioether (sulfide) groups is 1. The van der Waals surface area contributed by atoms with Gasteiger partial charge in [0.25, 0.3) is 0 Å². The van der Waals surface area contributed by atoms with Crippen LogP contribution in [-0.4, -0.2) is 29.4 Å². The summed E-state index contributed by atoms with van der Waals surface area (Å²) in [5.74, 6) is 0.923. The van der Waals surface area contributed by atoms with Gasteiger partial charge in [-0.05, 0) is 6.26 Å². The fourth-order valence-corrected chi connectivity index (χ4v) is 2.94. The highest BCUT2D eigenvalue weighted by Crippen LogP contribution is 2.25. The lowest BCUT2D eigenvalue weighted by molar-refractivity contribution is -0.115. The van der Waals surface area contributed by atoms with Gasteiger partial charge in [0, 0.05) is 36.6 Å². The maximum Gasteiger partial charge on any atom is 0.226 e. The summed E-state index contributed by atoms with van der Waals surface area (Å²) in [7, 11) is 0. The van der Waals surface area contributed by atoms with Gasteiger partial charge in [0.05, 0.1) is 5.69 Å². The number of thiazole rings is 1. The van der Waals surface area contributed by atoms with Gasteiger partial charge < -0.3 is 10.6 Å². The Hall–Kier alpha value is -0.590. The van der Waals surface area contributed by atoms with Crippen LogP contribution in [0.3, 0.4) is 0 Å². The normalized spacial score (nSPS) is 14.6. The van der Waals surface area contributed by atoms with Crippen LogP contribution in [0.5, 0.6) is 0 Å². The Kier molecular flexibility index (Phi) is 4.20. The van der Waals surface area contributed by atoms with Crippen LogP contribution >= 0.6 is 23.1 Å². The van der Waals surface area contributed by atoms with E-state index >= 15 is 0 Å². The molecular weight excluding hydrogens is 242 g/mol. The van der Waals surface area contributed by atoms with Crippen molar-refractivity contribution >= 4 is 34.1 Å². The molecular formula is C10H15N3OS2. The van der Waals surface area contributed by atoms with Gasteiger partial charge in [0.1, 0.15) is 0 Å². The molecule has 2 rings (SSSR count). The molecule has 2 heterocycles.